The predicted octanol–water partition coefficient (Wildman–Crippen LogP) is 4.79. The summed E-state index contributed by atoms with van der Waals surface area (Å²) in [5.41, 5.74) is 2.43. The van der Waals surface area contributed by atoms with Crippen LogP contribution < -0.4 is 5.32 Å². The fraction of sp³-hybridized carbons (Fsp3) is 0.500. The Labute approximate surface area is 110 Å². The number of para-hydroxylation sites is 1. The summed E-state index contributed by atoms with van der Waals surface area (Å²) < 4.78 is 0. The van der Waals surface area contributed by atoms with Crippen LogP contribution in [0, 0.1) is 5.92 Å². The van der Waals surface area contributed by atoms with Gasteiger partial charge in [0, 0.05) is 23.1 Å². The summed E-state index contributed by atoms with van der Waals surface area (Å²) in [6.45, 7) is 6.84. The molecule has 2 N–H and O–H groups in total. The van der Waals surface area contributed by atoms with Gasteiger partial charge in [0.1, 0.15) is 0 Å². The first kappa shape index (κ1) is 13.0. The van der Waals surface area contributed by atoms with E-state index in [1.165, 1.54) is 35.9 Å². The van der Waals surface area contributed by atoms with Crippen LogP contribution in [0.1, 0.15) is 40.0 Å². The zero-order valence-electron chi connectivity index (χ0n) is 11.7. The summed E-state index contributed by atoms with van der Waals surface area (Å²) in [5.74, 6) is 0.810. The molecule has 1 heterocycles. The summed E-state index contributed by atoms with van der Waals surface area (Å²) in [7, 11) is 0. The minimum absolute atomic E-state index is 0.531. The number of rotatable bonds is 6. The minimum Gasteiger partial charge on any atom is -0.381 e. The van der Waals surface area contributed by atoms with Gasteiger partial charge in [-0.25, -0.2) is 0 Å². The lowest BCUT2D eigenvalue weighted by atomic mass is 10.0. The summed E-state index contributed by atoms with van der Waals surface area (Å²) in [5, 5.41) is 4.89. The molecule has 18 heavy (non-hydrogen) atoms. The molecule has 2 rings (SSSR count). The molecular formula is C16H24N2. The van der Waals surface area contributed by atoms with Crippen LogP contribution in [0.4, 0.5) is 5.69 Å². The zero-order chi connectivity index (χ0) is 13.0. The van der Waals surface area contributed by atoms with E-state index in [1.54, 1.807) is 0 Å². The highest BCUT2D eigenvalue weighted by Gasteiger charge is 2.06. The maximum Gasteiger partial charge on any atom is 0.0599 e. The van der Waals surface area contributed by atoms with Crippen molar-refractivity contribution >= 4 is 16.6 Å². The van der Waals surface area contributed by atoms with Crippen molar-refractivity contribution in [2.75, 3.05) is 5.32 Å². The highest BCUT2D eigenvalue weighted by atomic mass is 14.9. The van der Waals surface area contributed by atoms with Crippen molar-refractivity contribution < 1.29 is 0 Å². The predicted molar refractivity (Wildman–Crippen MR) is 80.1 cm³/mol. The molecule has 2 nitrogen and oxygen atoms in total. The molecular weight excluding hydrogens is 220 g/mol. The van der Waals surface area contributed by atoms with Crippen LogP contribution in [0.25, 0.3) is 10.9 Å². The SMILES string of the molecule is CC(C)CCCC(C)Nc1c[nH]c2ccccc12. The van der Waals surface area contributed by atoms with Crippen LogP contribution in [0.15, 0.2) is 30.5 Å². The number of H-pyrrole nitrogens is 1. The third-order valence-electron chi connectivity index (χ3n) is 3.41. The van der Waals surface area contributed by atoms with E-state index in [0.29, 0.717) is 6.04 Å². The number of hydrogen-bond donors (Lipinski definition) is 2. The average molecular weight is 244 g/mol. The molecule has 0 aliphatic carbocycles. The Morgan fingerprint density at radius 1 is 1.11 bits per heavy atom. The molecule has 1 unspecified atom stereocenters. The molecule has 0 amide bonds. The Balaban J connectivity index is 1.92. The number of fused-ring (bicyclic) bond motifs is 1. The van der Waals surface area contributed by atoms with Crippen molar-refractivity contribution in [3.05, 3.63) is 30.5 Å². The normalized spacial score (nSPS) is 13.1. The molecule has 2 heteroatoms. The lowest BCUT2D eigenvalue weighted by Gasteiger charge is -2.15. The molecule has 0 saturated carbocycles. The van der Waals surface area contributed by atoms with Gasteiger partial charge in [0.25, 0.3) is 0 Å². The maximum atomic E-state index is 3.61. The molecule has 0 bridgehead atoms. The first-order valence-corrected chi connectivity index (χ1v) is 6.99. The third kappa shape index (κ3) is 3.28. The van der Waals surface area contributed by atoms with Crippen LogP contribution in [-0.2, 0) is 0 Å². The van der Waals surface area contributed by atoms with Gasteiger partial charge < -0.3 is 10.3 Å². The number of anilines is 1. The summed E-state index contributed by atoms with van der Waals surface area (Å²) >= 11 is 0. The molecule has 0 aliphatic rings. The largest absolute Gasteiger partial charge is 0.381 e. The van der Waals surface area contributed by atoms with Crippen LogP contribution in [0.3, 0.4) is 0 Å². The Bertz CT molecular complexity index is 485. The van der Waals surface area contributed by atoms with Gasteiger partial charge in [-0.15, -0.1) is 0 Å². The Hall–Kier alpha value is -1.44. The summed E-state index contributed by atoms with van der Waals surface area (Å²) in [6, 6.07) is 8.96. The second-order valence-corrected chi connectivity index (χ2v) is 5.62. The van der Waals surface area contributed by atoms with Gasteiger partial charge in [-0.3, -0.25) is 0 Å². The Morgan fingerprint density at radius 3 is 2.67 bits per heavy atom. The van der Waals surface area contributed by atoms with Gasteiger partial charge >= 0.3 is 0 Å². The van der Waals surface area contributed by atoms with E-state index < -0.39 is 0 Å². The van der Waals surface area contributed by atoms with Gasteiger partial charge in [0.15, 0.2) is 0 Å². The fourth-order valence-electron chi connectivity index (χ4n) is 2.36. The maximum absolute atomic E-state index is 3.61. The molecule has 1 aromatic heterocycles. The van der Waals surface area contributed by atoms with E-state index in [2.05, 4.69) is 61.5 Å². The number of hydrogen-bond acceptors (Lipinski definition) is 1. The van der Waals surface area contributed by atoms with E-state index >= 15 is 0 Å². The average Bonchev–Trinajstić information content (AvgIpc) is 2.72. The standard InChI is InChI=1S/C16H24N2/c1-12(2)7-6-8-13(3)18-16-11-17-15-10-5-4-9-14(15)16/h4-5,9-13,17-18H,6-8H2,1-3H3. The van der Waals surface area contributed by atoms with Crippen molar-refractivity contribution in [2.24, 2.45) is 5.92 Å². The molecule has 98 valence electrons. The van der Waals surface area contributed by atoms with Gasteiger partial charge in [-0.2, -0.15) is 0 Å². The molecule has 0 fully saturated rings. The molecule has 1 aromatic carbocycles. The van der Waals surface area contributed by atoms with Crippen LogP contribution >= 0.6 is 0 Å². The quantitative estimate of drug-likeness (QED) is 0.751. The van der Waals surface area contributed by atoms with Gasteiger partial charge in [0.2, 0.25) is 0 Å². The molecule has 0 spiro atoms. The number of benzene rings is 1. The van der Waals surface area contributed by atoms with Crippen molar-refractivity contribution in [1.29, 1.82) is 0 Å². The van der Waals surface area contributed by atoms with E-state index in [9.17, 15) is 0 Å². The lowest BCUT2D eigenvalue weighted by molar-refractivity contribution is 0.520. The molecule has 0 aliphatic heterocycles. The van der Waals surface area contributed by atoms with Crippen molar-refractivity contribution in [2.45, 2.75) is 46.1 Å². The number of aromatic amines is 1. The van der Waals surface area contributed by atoms with E-state index in [4.69, 9.17) is 0 Å². The number of nitrogens with one attached hydrogen (secondary N) is 2. The highest BCUT2D eigenvalue weighted by molar-refractivity contribution is 5.92. The van der Waals surface area contributed by atoms with E-state index in [0.717, 1.165) is 5.92 Å². The first-order valence-electron chi connectivity index (χ1n) is 6.99. The second kappa shape index (κ2) is 5.94. The molecule has 0 radical (unpaired) electrons. The lowest BCUT2D eigenvalue weighted by Crippen LogP contribution is -2.14. The van der Waals surface area contributed by atoms with Gasteiger partial charge in [-0.1, -0.05) is 44.9 Å². The highest BCUT2D eigenvalue weighted by Crippen LogP contribution is 2.23. The van der Waals surface area contributed by atoms with Crippen molar-refractivity contribution in [3.8, 4) is 0 Å². The molecule has 1 atom stereocenters. The zero-order valence-corrected chi connectivity index (χ0v) is 11.7. The fourth-order valence-corrected chi connectivity index (χ4v) is 2.36. The van der Waals surface area contributed by atoms with Gasteiger partial charge in [0.05, 0.1) is 5.69 Å². The van der Waals surface area contributed by atoms with Crippen LogP contribution in [-0.4, -0.2) is 11.0 Å². The first-order chi connectivity index (χ1) is 8.66. The molecule has 2 aromatic rings. The van der Waals surface area contributed by atoms with Gasteiger partial charge in [-0.05, 0) is 25.3 Å². The molecule has 0 saturated heterocycles. The van der Waals surface area contributed by atoms with Crippen LogP contribution in [0.5, 0.6) is 0 Å². The Kier molecular flexibility index (Phi) is 4.29. The van der Waals surface area contributed by atoms with Crippen LogP contribution in [0.2, 0.25) is 0 Å². The van der Waals surface area contributed by atoms with E-state index in [1.807, 2.05) is 0 Å². The van der Waals surface area contributed by atoms with Crippen molar-refractivity contribution in [3.63, 3.8) is 0 Å². The van der Waals surface area contributed by atoms with E-state index in [-0.39, 0.29) is 0 Å². The number of aromatic nitrogens is 1. The minimum atomic E-state index is 0.531. The summed E-state index contributed by atoms with van der Waals surface area (Å²) in [4.78, 5) is 3.31. The summed E-state index contributed by atoms with van der Waals surface area (Å²) in [6.07, 6.45) is 5.93. The topological polar surface area (TPSA) is 27.8 Å². The van der Waals surface area contributed by atoms with Crippen molar-refractivity contribution in [1.82, 2.24) is 4.98 Å². The third-order valence-corrected chi connectivity index (χ3v) is 3.41. The smallest absolute Gasteiger partial charge is 0.0599 e. The second-order valence-electron chi connectivity index (χ2n) is 5.62. The monoisotopic (exact) mass is 244 g/mol. The Morgan fingerprint density at radius 2 is 1.89 bits per heavy atom.